The van der Waals surface area contributed by atoms with E-state index in [1.807, 2.05) is 30.3 Å². The molecule has 2 N–H and O–H groups in total. The molecule has 0 fully saturated rings. The number of furan rings is 1. The van der Waals surface area contributed by atoms with Gasteiger partial charge in [-0.15, -0.1) is 0 Å². The van der Waals surface area contributed by atoms with Crippen LogP contribution in [0.4, 0.5) is 0 Å². The second-order valence-corrected chi connectivity index (χ2v) is 5.25. The van der Waals surface area contributed by atoms with Crippen LogP contribution in [0.2, 0.25) is 0 Å². The highest BCUT2D eigenvalue weighted by molar-refractivity contribution is 5.91. The molecule has 2 heterocycles. The highest BCUT2D eigenvalue weighted by atomic mass is 16.3. The van der Waals surface area contributed by atoms with Crippen LogP contribution in [-0.4, -0.2) is 29.9 Å². The summed E-state index contributed by atoms with van der Waals surface area (Å²) in [4.78, 5) is 28.1. The van der Waals surface area contributed by atoms with Gasteiger partial charge in [0.1, 0.15) is 0 Å². The van der Waals surface area contributed by atoms with E-state index in [0.717, 1.165) is 16.5 Å². The second kappa shape index (κ2) is 7.41. The number of amides is 2. The maximum absolute atomic E-state index is 12.1. The normalized spacial score (nSPS) is 10.5. The van der Waals surface area contributed by atoms with Crippen molar-refractivity contribution in [1.82, 2.24) is 15.6 Å². The highest BCUT2D eigenvalue weighted by Crippen LogP contribution is 2.16. The molecular formula is C18H17N3O3. The molecule has 6 heteroatoms. The predicted octanol–water partition coefficient (Wildman–Crippen LogP) is 1.92. The largest absolute Gasteiger partial charge is 0.459 e. The molecule has 0 spiro atoms. The van der Waals surface area contributed by atoms with Crippen LogP contribution in [0, 0.1) is 0 Å². The molecule has 1 aromatic carbocycles. The van der Waals surface area contributed by atoms with E-state index in [9.17, 15) is 9.59 Å². The third kappa shape index (κ3) is 3.78. The zero-order valence-corrected chi connectivity index (χ0v) is 13.0. The van der Waals surface area contributed by atoms with Crippen molar-refractivity contribution in [3.63, 3.8) is 0 Å². The Morgan fingerprint density at radius 1 is 1.00 bits per heavy atom. The summed E-state index contributed by atoms with van der Waals surface area (Å²) < 4.78 is 4.99. The van der Waals surface area contributed by atoms with Crippen LogP contribution < -0.4 is 10.6 Å². The van der Waals surface area contributed by atoms with Gasteiger partial charge < -0.3 is 15.1 Å². The lowest BCUT2D eigenvalue weighted by atomic mass is 10.1. The number of nitrogens with zero attached hydrogens (tertiary/aromatic N) is 1. The molecule has 0 aliphatic carbocycles. The zero-order valence-electron chi connectivity index (χ0n) is 13.0. The van der Waals surface area contributed by atoms with Gasteiger partial charge in [-0.2, -0.15) is 0 Å². The lowest BCUT2D eigenvalue weighted by Crippen LogP contribution is -2.35. The van der Waals surface area contributed by atoms with E-state index in [4.69, 9.17) is 4.42 Å². The fraction of sp³-hybridized carbons (Fsp3) is 0.167. The molecule has 0 aliphatic rings. The van der Waals surface area contributed by atoms with Crippen molar-refractivity contribution in [2.45, 2.75) is 6.42 Å². The van der Waals surface area contributed by atoms with Gasteiger partial charge in [0.15, 0.2) is 5.76 Å². The van der Waals surface area contributed by atoms with Crippen LogP contribution in [0.15, 0.2) is 59.3 Å². The number of pyridine rings is 1. The number of fused-ring (bicyclic) bond motifs is 1. The Bertz CT molecular complexity index is 838. The van der Waals surface area contributed by atoms with Crippen molar-refractivity contribution < 1.29 is 14.0 Å². The summed E-state index contributed by atoms with van der Waals surface area (Å²) >= 11 is 0. The smallest absolute Gasteiger partial charge is 0.287 e. The van der Waals surface area contributed by atoms with Gasteiger partial charge in [-0.1, -0.05) is 24.3 Å². The van der Waals surface area contributed by atoms with Gasteiger partial charge in [0.05, 0.1) is 18.2 Å². The molecule has 122 valence electrons. The van der Waals surface area contributed by atoms with Crippen molar-refractivity contribution >= 4 is 22.7 Å². The molecule has 0 aliphatic heterocycles. The van der Waals surface area contributed by atoms with Gasteiger partial charge in [0, 0.05) is 24.7 Å². The Labute approximate surface area is 138 Å². The topological polar surface area (TPSA) is 84.2 Å². The Morgan fingerprint density at radius 3 is 2.67 bits per heavy atom. The molecule has 2 aromatic heterocycles. The van der Waals surface area contributed by atoms with Gasteiger partial charge in [-0.3, -0.25) is 14.6 Å². The van der Waals surface area contributed by atoms with E-state index in [2.05, 4.69) is 15.6 Å². The SMILES string of the molecule is O=C(Cc1cccc2cccnc12)NCCNC(=O)c1ccco1. The van der Waals surface area contributed by atoms with Crippen molar-refractivity contribution in [2.75, 3.05) is 13.1 Å². The third-order valence-electron chi connectivity index (χ3n) is 3.54. The molecular weight excluding hydrogens is 306 g/mol. The van der Waals surface area contributed by atoms with Gasteiger partial charge in [0.25, 0.3) is 5.91 Å². The van der Waals surface area contributed by atoms with Crippen LogP contribution in [0.3, 0.4) is 0 Å². The van der Waals surface area contributed by atoms with Gasteiger partial charge in [-0.05, 0) is 23.8 Å². The van der Waals surface area contributed by atoms with E-state index in [0.29, 0.717) is 13.1 Å². The van der Waals surface area contributed by atoms with Crippen molar-refractivity contribution in [3.05, 3.63) is 66.2 Å². The Morgan fingerprint density at radius 2 is 1.83 bits per heavy atom. The van der Waals surface area contributed by atoms with Crippen molar-refractivity contribution in [3.8, 4) is 0 Å². The molecule has 2 amide bonds. The first-order valence-electron chi connectivity index (χ1n) is 7.65. The van der Waals surface area contributed by atoms with E-state index in [1.54, 1.807) is 18.3 Å². The van der Waals surface area contributed by atoms with Crippen LogP contribution in [-0.2, 0) is 11.2 Å². The Kier molecular flexibility index (Phi) is 4.86. The van der Waals surface area contributed by atoms with Crippen LogP contribution in [0.1, 0.15) is 16.1 Å². The van der Waals surface area contributed by atoms with Crippen LogP contribution >= 0.6 is 0 Å². The quantitative estimate of drug-likeness (QED) is 0.679. The first kappa shape index (κ1) is 15.7. The van der Waals surface area contributed by atoms with Crippen LogP contribution in [0.25, 0.3) is 10.9 Å². The highest BCUT2D eigenvalue weighted by Gasteiger charge is 2.09. The molecule has 0 bridgehead atoms. The van der Waals surface area contributed by atoms with Crippen molar-refractivity contribution in [1.29, 1.82) is 0 Å². The standard InChI is InChI=1S/C18H17N3O3/c22-16(19-9-10-21-18(23)15-7-3-11-24-15)12-14-5-1-4-13-6-2-8-20-17(13)14/h1-8,11H,9-10,12H2,(H,19,22)(H,21,23). The minimum Gasteiger partial charge on any atom is -0.459 e. The Balaban J connectivity index is 1.48. The van der Waals surface area contributed by atoms with Crippen molar-refractivity contribution in [2.24, 2.45) is 0 Å². The summed E-state index contributed by atoms with van der Waals surface area (Å²) in [5.41, 5.74) is 1.71. The summed E-state index contributed by atoms with van der Waals surface area (Å²) in [6.45, 7) is 0.683. The third-order valence-corrected chi connectivity index (χ3v) is 3.54. The number of nitrogens with one attached hydrogen (secondary N) is 2. The lowest BCUT2D eigenvalue weighted by molar-refractivity contribution is -0.120. The number of rotatable bonds is 6. The van der Waals surface area contributed by atoms with E-state index in [-0.39, 0.29) is 24.0 Å². The van der Waals surface area contributed by atoms with Gasteiger partial charge >= 0.3 is 0 Å². The molecule has 0 unspecified atom stereocenters. The number of carbonyl (C=O) groups excluding carboxylic acids is 2. The minimum atomic E-state index is -0.299. The second-order valence-electron chi connectivity index (χ2n) is 5.25. The van der Waals surface area contributed by atoms with E-state index >= 15 is 0 Å². The average Bonchev–Trinajstić information content (AvgIpc) is 3.14. The summed E-state index contributed by atoms with van der Waals surface area (Å²) in [7, 11) is 0. The predicted molar refractivity (Wildman–Crippen MR) is 89.5 cm³/mol. The average molecular weight is 323 g/mol. The maximum Gasteiger partial charge on any atom is 0.287 e. The molecule has 0 atom stereocenters. The lowest BCUT2D eigenvalue weighted by Gasteiger charge is -2.08. The number of hydrogen-bond acceptors (Lipinski definition) is 4. The summed E-state index contributed by atoms with van der Waals surface area (Å²) in [6.07, 6.45) is 3.41. The first-order chi connectivity index (χ1) is 11.7. The molecule has 6 nitrogen and oxygen atoms in total. The molecule has 3 aromatic rings. The molecule has 0 saturated heterocycles. The number of hydrogen-bond donors (Lipinski definition) is 2. The summed E-state index contributed by atoms with van der Waals surface area (Å²) in [5, 5.41) is 6.47. The van der Waals surface area contributed by atoms with Gasteiger partial charge in [-0.25, -0.2) is 0 Å². The Hall–Kier alpha value is -3.15. The number of benzene rings is 1. The molecule has 3 rings (SSSR count). The zero-order chi connectivity index (χ0) is 16.8. The van der Waals surface area contributed by atoms with E-state index in [1.165, 1.54) is 6.26 Å². The molecule has 0 radical (unpaired) electrons. The maximum atomic E-state index is 12.1. The number of carbonyl (C=O) groups is 2. The summed E-state index contributed by atoms with van der Waals surface area (Å²) in [5.74, 6) is -0.156. The number of para-hydroxylation sites is 1. The van der Waals surface area contributed by atoms with E-state index < -0.39 is 0 Å². The number of aromatic nitrogens is 1. The summed E-state index contributed by atoms with van der Waals surface area (Å²) in [6, 6.07) is 12.8. The fourth-order valence-corrected chi connectivity index (χ4v) is 2.42. The van der Waals surface area contributed by atoms with Gasteiger partial charge in [0.2, 0.25) is 5.91 Å². The fourth-order valence-electron chi connectivity index (χ4n) is 2.42. The molecule has 24 heavy (non-hydrogen) atoms. The first-order valence-corrected chi connectivity index (χ1v) is 7.65. The molecule has 0 saturated carbocycles. The van der Waals surface area contributed by atoms with Crippen LogP contribution in [0.5, 0.6) is 0 Å². The monoisotopic (exact) mass is 323 g/mol. The minimum absolute atomic E-state index is 0.111.